The molecule has 0 unspecified atom stereocenters. The Bertz CT molecular complexity index is 268. The van der Waals surface area contributed by atoms with Gasteiger partial charge in [-0.3, -0.25) is 4.79 Å². The zero-order valence-electron chi connectivity index (χ0n) is 6.21. The number of ketones is 1. The highest BCUT2D eigenvalue weighted by Crippen LogP contribution is 2.07. The van der Waals surface area contributed by atoms with Crippen molar-refractivity contribution in [3.05, 3.63) is 42.3 Å². The molecule has 1 aromatic carbocycles. The maximum Gasteiger partial charge on any atom is 0.163 e. The van der Waals surface area contributed by atoms with E-state index in [1.54, 1.807) is 12.1 Å². The van der Waals surface area contributed by atoms with Crippen LogP contribution >= 0.6 is 0 Å². The molecule has 0 saturated heterocycles. The Kier molecular flexibility index (Phi) is 2.39. The van der Waals surface area contributed by atoms with E-state index in [9.17, 15) is 4.79 Å². The van der Waals surface area contributed by atoms with Crippen LogP contribution < -0.4 is 5.73 Å². The Morgan fingerprint density at radius 2 is 2.09 bits per heavy atom. The molecule has 0 aliphatic rings. The number of carbonyl (C=O) groups excluding carboxylic acids is 1. The largest absolute Gasteiger partial charge is 0.326 e. The average molecular weight is 148 g/mol. The summed E-state index contributed by atoms with van der Waals surface area (Å²) in [5.74, 6) is -0.175. The van der Waals surface area contributed by atoms with Crippen molar-refractivity contribution in [2.24, 2.45) is 5.73 Å². The first kappa shape index (κ1) is 7.95. The lowest BCUT2D eigenvalue weighted by Crippen LogP contribution is -2.04. The second-order valence-corrected chi connectivity index (χ2v) is 2.28. The standard InChI is InChI=1S/C9H10NO/c1-7(11)9-5-3-2-4-8(9)6-10/h2-5H,1,6,10H2. The first-order valence-corrected chi connectivity index (χ1v) is 3.40. The van der Waals surface area contributed by atoms with Crippen LogP contribution in [0.3, 0.4) is 0 Å². The smallest absolute Gasteiger partial charge is 0.163 e. The summed E-state index contributed by atoms with van der Waals surface area (Å²) in [5.41, 5.74) is 6.88. The van der Waals surface area contributed by atoms with E-state index in [1.165, 1.54) is 0 Å². The SMILES string of the molecule is [CH2]C(=O)c1ccccc1CN. The van der Waals surface area contributed by atoms with Gasteiger partial charge in [-0.05, 0) is 5.56 Å². The molecular formula is C9H10NO. The highest BCUT2D eigenvalue weighted by Gasteiger charge is 2.02. The quantitative estimate of drug-likeness (QED) is 0.639. The van der Waals surface area contributed by atoms with Gasteiger partial charge in [-0.15, -0.1) is 0 Å². The molecule has 11 heavy (non-hydrogen) atoms. The van der Waals surface area contributed by atoms with Crippen molar-refractivity contribution in [3.63, 3.8) is 0 Å². The molecule has 2 nitrogen and oxygen atoms in total. The van der Waals surface area contributed by atoms with Crippen molar-refractivity contribution in [2.75, 3.05) is 0 Å². The number of carbonyl (C=O) groups is 1. The predicted molar refractivity (Wildman–Crippen MR) is 44.0 cm³/mol. The topological polar surface area (TPSA) is 43.1 Å². The van der Waals surface area contributed by atoms with Crippen molar-refractivity contribution in [3.8, 4) is 0 Å². The second-order valence-electron chi connectivity index (χ2n) is 2.28. The molecule has 0 atom stereocenters. The van der Waals surface area contributed by atoms with E-state index in [0.29, 0.717) is 12.1 Å². The van der Waals surface area contributed by atoms with E-state index in [2.05, 4.69) is 6.92 Å². The molecule has 0 heterocycles. The Hall–Kier alpha value is -1.15. The zero-order valence-corrected chi connectivity index (χ0v) is 6.21. The van der Waals surface area contributed by atoms with Crippen molar-refractivity contribution in [1.82, 2.24) is 0 Å². The molecule has 1 radical (unpaired) electrons. The monoisotopic (exact) mass is 148 g/mol. The third-order valence-corrected chi connectivity index (χ3v) is 1.54. The van der Waals surface area contributed by atoms with E-state index in [1.807, 2.05) is 12.1 Å². The Morgan fingerprint density at radius 1 is 1.45 bits per heavy atom. The fourth-order valence-corrected chi connectivity index (χ4v) is 0.970. The van der Waals surface area contributed by atoms with Crippen LogP contribution in [0.4, 0.5) is 0 Å². The molecular weight excluding hydrogens is 138 g/mol. The number of rotatable bonds is 2. The van der Waals surface area contributed by atoms with Gasteiger partial charge < -0.3 is 5.73 Å². The van der Waals surface area contributed by atoms with Gasteiger partial charge in [0.15, 0.2) is 5.78 Å². The summed E-state index contributed by atoms with van der Waals surface area (Å²) in [4.78, 5) is 10.9. The molecule has 0 saturated carbocycles. The molecule has 0 spiro atoms. The highest BCUT2D eigenvalue weighted by molar-refractivity contribution is 6.00. The number of Topliss-reactive ketones (excluding diaryl/α,β-unsaturated/α-hetero) is 1. The summed E-state index contributed by atoms with van der Waals surface area (Å²) in [5, 5.41) is 0. The molecule has 2 heteroatoms. The van der Waals surface area contributed by atoms with Crippen molar-refractivity contribution in [2.45, 2.75) is 6.54 Å². The van der Waals surface area contributed by atoms with Gasteiger partial charge in [0.1, 0.15) is 0 Å². The fourth-order valence-electron chi connectivity index (χ4n) is 0.970. The van der Waals surface area contributed by atoms with Gasteiger partial charge in [-0.1, -0.05) is 24.3 Å². The molecule has 0 aliphatic carbocycles. The average Bonchev–Trinajstić information content (AvgIpc) is 2.04. The number of hydrogen-bond acceptors (Lipinski definition) is 2. The predicted octanol–water partition coefficient (Wildman–Crippen LogP) is 1.16. The highest BCUT2D eigenvalue weighted by atomic mass is 16.1. The Morgan fingerprint density at radius 3 is 2.55 bits per heavy atom. The molecule has 0 aliphatic heterocycles. The first-order chi connectivity index (χ1) is 5.25. The van der Waals surface area contributed by atoms with Gasteiger partial charge in [0.25, 0.3) is 0 Å². The minimum atomic E-state index is -0.175. The maximum atomic E-state index is 10.9. The lowest BCUT2D eigenvalue weighted by Gasteiger charge is -2.01. The molecule has 0 bridgehead atoms. The van der Waals surface area contributed by atoms with Crippen LogP contribution in [0.15, 0.2) is 24.3 Å². The number of benzene rings is 1. The van der Waals surface area contributed by atoms with E-state index < -0.39 is 0 Å². The van der Waals surface area contributed by atoms with E-state index in [4.69, 9.17) is 5.73 Å². The van der Waals surface area contributed by atoms with Crippen molar-refractivity contribution in [1.29, 1.82) is 0 Å². The van der Waals surface area contributed by atoms with E-state index in [-0.39, 0.29) is 5.78 Å². The van der Waals surface area contributed by atoms with Gasteiger partial charge in [-0.2, -0.15) is 0 Å². The lowest BCUT2D eigenvalue weighted by molar-refractivity contribution is 0.104. The maximum absolute atomic E-state index is 10.9. The number of nitrogens with two attached hydrogens (primary N) is 1. The number of hydrogen-bond donors (Lipinski definition) is 1. The normalized spacial score (nSPS) is 9.64. The van der Waals surface area contributed by atoms with Crippen LogP contribution in [0.1, 0.15) is 15.9 Å². The zero-order chi connectivity index (χ0) is 8.27. The Balaban J connectivity index is 3.12. The van der Waals surface area contributed by atoms with Gasteiger partial charge in [-0.25, -0.2) is 0 Å². The van der Waals surface area contributed by atoms with Gasteiger partial charge in [0.05, 0.1) is 0 Å². The third-order valence-electron chi connectivity index (χ3n) is 1.54. The van der Waals surface area contributed by atoms with Crippen LogP contribution in [0.2, 0.25) is 0 Å². The first-order valence-electron chi connectivity index (χ1n) is 3.40. The molecule has 1 rings (SSSR count). The minimum Gasteiger partial charge on any atom is -0.326 e. The van der Waals surface area contributed by atoms with Crippen LogP contribution in [0.5, 0.6) is 0 Å². The lowest BCUT2D eigenvalue weighted by atomic mass is 10.1. The Labute approximate surface area is 66.0 Å². The summed E-state index contributed by atoms with van der Waals surface area (Å²) >= 11 is 0. The second kappa shape index (κ2) is 3.30. The summed E-state index contributed by atoms with van der Waals surface area (Å²) in [7, 11) is 0. The molecule has 0 aromatic heterocycles. The van der Waals surface area contributed by atoms with E-state index >= 15 is 0 Å². The van der Waals surface area contributed by atoms with Gasteiger partial charge in [0.2, 0.25) is 0 Å². The van der Waals surface area contributed by atoms with E-state index in [0.717, 1.165) is 5.56 Å². The van der Waals surface area contributed by atoms with Gasteiger partial charge >= 0.3 is 0 Å². The van der Waals surface area contributed by atoms with Crippen LogP contribution in [0.25, 0.3) is 0 Å². The molecule has 2 N–H and O–H groups in total. The van der Waals surface area contributed by atoms with Crippen LogP contribution in [0, 0.1) is 6.92 Å². The van der Waals surface area contributed by atoms with Crippen LogP contribution in [-0.4, -0.2) is 5.78 Å². The molecule has 57 valence electrons. The minimum absolute atomic E-state index is 0.175. The summed E-state index contributed by atoms with van der Waals surface area (Å²) in [6.07, 6.45) is 0. The van der Waals surface area contributed by atoms with Crippen LogP contribution in [-0.2, 0) is 6.54 Å². The molecule has 0 amide bonds. The third kappa shape index (κ3) is 1.65. The van der Waals surface area contributed by atoms with Gasteiger partial charge in [0, 0.05) is 19.0 Å². The van der Waals surface area contributed by atoms with Crippen molar-refractivity contribution >= 4 is 5.78 Å². The fraction of sp³-hybridized carbons (Fsp3) is 0.111. The molecule has 0 fully saturated rings. The summed E-state index contributed by atoms with van der Waals surface area (Å²) in [6, 6.07) is 7.22. The summed E-state index contributed by atoms with van der Waals surface area (Å²) in [6.45, 7) is 3.71. The molecule has 1 aromatic rings. The summed E-state index contributed by atoms with van der Waals surface area (Å²) < 4.78 is 0. The van der Waals surface area contributed by atoms with Crippen molar-refractivity contribution < 1.29 is 4.79 Å².